The Hall–Kier alpha value is -1.84. The van der Waals surface area contributed by atoms with Crippen LogP contribution >= 0.6 is 0 Å². The molecule has 0 radical (unpaired) electrons. The van der Waals surface area contributed by atoms with Crippen LogP contribution in [0.4, 0.5) is 0 Å². The van der Waals surface area contributed by atoms with Gasteiger partial charge in [0.2, 0.25) is 0 Å². The van der Waals surface area contributed by atoms with E-state index in [1.807, 2.05) is 6.07 Å². The lowest BCUT2D eigenvalue weighted by Crippen LogP contribution is -2.51. The summed E-state index contributed by atoms with van der Waals surface area (Å²) >= 11 is 0. The Morgan fingerprint density at radius 2 is 1.03 bits per heavy atom. The van der Waals surface area contributed by atoms with Crippen molar-refractivity contribution in [2.24, 2.45) is 35.5 Å². The van der Waals surface area contributed by atoms with E-state index >= 15 is 0 Å². The maximum atomic E-state index is 13.0. The Balaban J connectivity index is 1.45. The molecule has 8 bridgehead atoms. The molecule has 0 aromatic heterocycles. The smallest absolute Gasteiger partial charge is 0.336 e. The molecule has 0 saturated heterocycles. The van der Waals surface area contributed by atoms with E-state index in [4.69, 9.17) is 0 Å². The van der Waals surface area contributed by atoms with Crippen LogP contribution in [-0.2, 0) is 10.8 Å². The van der Waals surface area contributed by atoms with Crippen LogP contribution in [0.5, 0.6) is 0 Å². The first-order valence-electron chi connectivity index (χ1n) is 13.0. The van der Waals surface area contributed by atoms with Crippen molar-refractivity contribution in [3.63, 3.8) is 0 Å². The molecule has 0 unspecified atom stereocenters. The molecule has 32 heavy (non-hydrogen) atoms. The minimum Gasteiger partial charge on any atom is -0.478 e. The van der Waals surface area contributed by atoms with Crippen LogP contribution in [0.1, 0.15) is 109 Å². The molecule has 0 heterocycles. The second-order valence-electron chi connectivity index (χ2n) is 12.9. The normalized spacial score (nSPS) is 45.4. The number of rotatable bonds is 4. The first-order valence-corrected chi connectivity index (χ1v) is 13.0. The molecule has 170 valence electrons. The van der Waals surface area contributed by atoms with E-state index < -0.39 is 11.9 Å². The van der Waals surface area contributed by atoms with Gasteiger partial charge in [0.05, 0.1) is 11.1 Å². The summed E-state index contributed by atoms with van der Waals surface area (Å²) in [5, 5.41) is 20.9. The number of hydrogen-bond acceptors (Lipinski definition) is 2. The fraction of sp³-hybridized carbons (Fsp3) is 0.714. The van der Waals surface area contributed by atoms with Crippen molar-refractivity contribution < 1.29 is 19.8 Å². The molecule has 1 aromatic rings. The second kappa shape index (κ2) is 6.39. The Bertz CT molecular complexity index is 950. The number of benzene rings is 1. The fourth-order valence-corrected chi connectivity index (χ4v) is 10.9. The van der Waals surface area contributed by atoms with Gasteiger partial charge < -0.3 is 10.2 Å². The van der Waals surface area contributed by atoms with Crippen LogP contribution in [0.2, 0.25) is 0 Å². The van der Waals surface area contributed by atoms with Crippen LogP contribution in [-0.4, -0.2) is 22.2 Å². The highest BCUT2D eigenvalue weighted by molar-refractivity contribution is 5.99. The Labute approximate surface area is 189 Å². The molecule has 0 amide bonds. The second-order valence-corrected chi connectivity index (χ2v) is 12.9. The van der Waals surface area contributed by atoms with Gasteiger partial charge in [-0.05, 0) is 141 Å². The van der Waals surface area contributed by atoms with Crippen molar-refractivity contribution in [2.75, 3.05) is 0 Å². The molecule has 8 fully saturated rings. The number of carbonyl (C=O) groups is 2. The van der Waals surface area contributed by atoms with Gasteiger partial charge in [0.25, 0.3) is 0 Å². The van der Waals surface area contributed by atoms with E-state index in [0.29, 0.717) is 23.3 Å². The number of hydrogen-bond donors (Lipinski definition) is 2. The molecule has 4 heteroatoms. The van der Waals surface area contributed by atoms with Crippen molar-refractivity contribution >= 4 is 11.9 Å². The van der Waals surface area contributed by atoms with E-state index in [-0.39, 0.29) is 16.4 Å². The summed E-state index contributed by atoms with van der Waals surface area (Å²) in [6.07, 6.45) is 14.0. The van der Waals surface area contributed by atoms with E-state index in [1.165, 1.54) is 38.5 Å². The van der Waals surface area contributed by atoms with Crippen LogP contribution in [0.3, 0.4) is 0 Å². The maximum absolute atomic E-state index is 13.0. The Morgan fingerprint density at radius 3 is 1.41 bits per heavy atom. The molecule has 8 saturated carbocycles. The van der Waals surface area contributed by atoms with Crippen LogP contribution < -0.4 is 0 Å². The van der Waals surface area contributed by atoms with Gasteiger partial charge in [0, 0.05) is 0 Å². The third-order valence-corrected chi connectivity index (χ3v) is 10.8. The summed E-state index contributed by atoms with van der Waals surface area (Å²) in [6, 6.07) is 3.74. The van der Waals surface area contributed by atoms with Gasteiger partial charge in [-0.3, -0.25) is 0 Å². The lowest BCUT2D eigenvalue weighted by atomic mass is 9.45. The fourth-order valence-electron chi connectivity index (χ4n) is 10.9. The highest BCUT2D eigenvalue weighted by Gasteiger charge is 2.56. The molecular weight excluding hydrogens is 400 g/mol. The first-order chi connectivity index (χ1) is 15.3. The van der Waals surface area contributed by atoms with Gasteiger partial charge in [-0.2, -0.15) is 0 Å². The van der Waals surface area contributed by atoms with Crippen LogP contribution in [0, 0.1) is 35.5 Å². The summed E-state index contributed by atoms with van der Waals surface area (Å²) in [7, 11) is 0. The Morgan fingerprint density at radius 1 is 0.625 bits per heavy atom. The highest BCUT2D eigenvalue weighted by atomic mass is 16.4. The molecule has 9 rings (SSSR count). The topological polar surface area (TPSA) is 74.6 Å². The third-order valence-electron chi connectivity index (χ3n) is 10.8. The van der Waals surface area contributed by atoms with Gasteiger partial charge in [0.15, 0.2) is 0 Å². The lowest BCUT2D eigenvalue weighted by Gasteiger charge is -2.59. The number of carboxylic acids is 2. The summed E-state index contributed by atoms with van der Waals surface area (Å²) in [4.78, 5) is 25.5. The van der Waals surface area contributed by atoms with Crippen molar-refractivity contribution in [3.05, 3.63) is 34.4 Å². The van der Waals surface area contributed by atoms with E-state index in [9.17, 15) is 19.8 Å². The minimum absolute atomic E-state index is 0.0451. The van der Waals surface area contributed by atoms with Crippen molar-refractivity contribution in [3.8, 4) is 0 Å². The third kappa shape index (κ3) is 2.61. The average molecular weight is 435 g/mol. The van der Waals surface area contributed by atoms with E-state index in [2.05, 4.69) is 0 Å². The summed E-state index contributed by atoms with van der Waals surface area (Å²) in [6.45, 7) is 0. The Kier molecular flexibility index (Phi) is 3.92. The molecule has 4 nitrogen and oxygen atoms in total. The molecule has 8 aliphatic rings. The van der Waals surface area contributed by atoms with E-state index in [1.54, 1.807) is 6.07 Å². The van der Waals surface area contributed by atoms with Crippen LogP contribution in [0.25, 0.3) is 0 Å². The number of carboxylic acid groups (broad SMARTS) is 2. The predicted octanol–water partition coefficient (Wildman–Crippen LogP) is 6.02. The minimum atomic E-state index is -0.949. The average Bonchev–Trinajstić information content (AvgIpc) is 2.70. The quantitative estimate of drug-likeness (QED) is 0.608. The zero-order valence-corrected chi connectivity index (χ0v) is 18.8. The standard InChI is InChI=1S/C28H34O4/c29-25(30)21-1-2-22(27-9-15-3-16(10-27)5-17(4-15)11-27)23(26(31)32)24(21)28-12-18-6-19(13-28)8-20(7-18)14-28/h1-2,15-20H,3-14H2,(H,29,30)(H,31,32). The summed E-state index contributed by atoms with van der Waals surface area (Å²) < 4.78 is 0. The molecule has 2 N–H and O–H groups in total. The molecule has 0 aliphatic heterocycles. The van der Waals surface area contributed by atoms with Crippen molar-refractivity contribution in [1.82, 2.24) is 0 Å². The van der Waals surface area contributed by atoms with Crippen molar-refractivity contribution in [1.29, 1.82) is 0 Å². The molecule has 8 aliphatic carbocycles. The molecule has 0 atom stereocenters. The zero-order valence-electron chi connectivity index (χ0n) is 18.8. The van der Waals surface area contributed by atoms with Crippen molar-refractivity contribution in [2.45, 2.75) is 87.9 Å². The highest BCUT2D eigenvalue weighted by Crippen LogP contribution is 2.64. The lowest BCUT2D eigenvalue weighted by molar-refractivity contribution is -0.0100. The first kappa shape index (κ1) is 19.6. The van der Waals surface area contributed by atoms with Gasteiger partial charge in [0.1, 0.15) is 0 Å². The van der Waals surface area contributed by atoms with Crippen LogP contribution in [0.15, 0.2) is 12.1 Å². The monoisotopic (exact) mass is 434 g/mol. The predicted molar refractivity (Wildman–Crippen MR) is 120 cm³/mol. The SMILES string of the molecule is O=C(O)c1ccc(C23CC4CC(CC(C4)C2)C3)c(C(=O)O)c1C12CC3CC(CC(C3)C1)C2. The molecular formula is C28H34O4. The summed E-state index contributed by atoms with van der Waals surface area (Å²) in [5.74, 6) is 2.29. The zero-order chi connectivity index (χ0) is 21.8. The summed E-state index contributed by atoms with van der Waals surface area (Å²) in [5.41, 5.74) is 2.13. The largest absolute Gasteiger partial charge is 0.478 e. The van der Waals surface area contributed by atoms with Gasteiger partial charge in [-0.25, -0.2) is 9.59 Å². The maximum Gasteiger partial charge on any atom is 0.336 e. The van der Waals surface area contributed by atoms with Gasteiger partial charge in [-0.15, -0.1) is 0 Å². The molecule has 1 aromatic carbocycles. The molecule has 0 spiro atoms. The van der Waals surface area contributed by atoms with Gasteiger partial charge in [-0.1, -0.05) is 6.07 Å². The number of aromatic carboxylic acids is 2. The van der Waals surface area contributed by atoms with Gasteiger partial charge >= 0.3 is 11.9 Å². The van der Waals surface area contributed by atoms with E-state index in [0.717, 1.165) is 67.4 Å².